The van der Waals surface area contributed by atoms with E-state index in [1.165, 1.54) is 5.56 Å². The fraction of sp³-hybridized carbons (Fsp3) is 0.0800. The summed E-state index contributed by atoms with van der Waals surface area (Å²) in [5.41, 5.74) is 5.58. The lowest BCUT2D eigenvalue weighted by atomic mass is 10.0. The van der Waals surface area contributed by atoms with Gasteiger partial charge in [0.2, 0.25) is 0 Å². The summed E-state index contributed by atoms with van der Waals surface area (Å²) < 4.78 is 11.6. The Hall–Kier alpha value is -3.39. The van der Waals surface area contributed by atoms with Crippen molar-refractivity contribution in [3.63, 3.8) is 0 Å². The molecule has 27 heavy (non-hydrogen) atoms. The summed E-state index contributed by atoms with van der Waals surface area (Å²) in [7, 11) is 1.68. The van der Waals surface area contributed by atoms with Crippen molar-refractivity contribution in [2.24, 2.45) is 0 Å². The molecular formula is C25H21O2+. The lowest BCUT2D eigenvalue weighted by Crippen LogP contribution is -1.87. The number of methoxy groups -OCH3 is 1. The van der Waals surface area contributed by atoms with E-state index in [-0.39, 0.29) is 0 Å². The van der Waals surface area contributed by atoms with Gasteiger partial charge in [0, 0.05) is 5.56 Å². The quantitative estimate of drug-likeness (QED) is 0.373. The van der Waals surface area contributed by atoms with E-state index in [9.17, 15) is 0 Å². The van der Waals surface area contributed by atoms with Gasteiger partial charge in [-0.05, 0) is 48.9 Å². The first-order valence-electron chi connectivity index (χ1n) is 8.98. The Labute approximate surface area is 159 Å². The first-order valence-corrected chi connectivity index (χ1v) is 8.98. The Morgan fingerprint density at radius 1 is 0.593 bits per heavy atom. The van der Waals surface area contributed by atoms with Crippen LogP contribution in [0.4, 0.5) is 0 Å². The third kappa shape index (κ3) is 3.75. The SMILES string of the molecule is COc1ccc(-c2cc(-c3ccccc3)[o+]c(-c3ccc(C)cc3)c2)cc1. The highest BCUT2D eigenvalue weighted by molar-refractivity contribution is 5.74. The van der Waals surface area contributed by atoms with Crippen LogP contribution in [0.5, 0.6) is 5.75 Å². The molecule has 2 heteroatoms. The Balaban J connectivity index is 1.87. The molecule has 1 aromatic heterocycles. The molecule has 132 valence electrons. The molecule has 0 radical (unpaired) electrons. The van der Waals surface area contributed by atoms with Crippen LogP contribution in [0.1, 0.15) is 5.56 Å². The van der Waals surface area contributed by atoms with E-state index in [1.54, 1.807) is 7.11 Å². The molecule has 0 N–H and O–H groups in total. The lowest BCUT2D eigenvalue weighted by Gasteiger charge is -2.04. The van der Waals surface area contributed by atoms with E-state index in [2.05, 4.69) is 67.6 Å². The maximum Gasteiger partial charge on any atom is 0.361 e. The smallest absolute Gasteiger partial charge is 0.361 e. The van der Waals surface area contributed by atoms with Crippen molar-refractivity contribution < 1.29 is 9.15 Å². The first-order chi connectivity index (χ1) is 13.2. The highest BCUT2D eigenvalue weighted by Gasteiger charge is 2.20. The van der Waals surface area contributed by atoms with Gasteiger partial charge in [-0.3, -0.25) is 0 Å². The zero-order valence-corrected chi connectivity index (χ0v) is 15.5. The second kappa shape index (κ2) is 7.46. The van der Waals surface area contributed by atoms with Crippen molar-refractivity contribution in [1.82, 2.24) is 0 Å². The van der Waals surface area contributed by atoms with Crippen LogP contribution in [0.25, 0.3) is 33.8 Å². The molecule has 0 bridgehead atoms. The summed E-state index contributed by atoms with van der Waals surface area (Å²) in [6, 6.07) is 30.9. The average Bonchev–Trinajstić information content (AvgIpc) is 2.74. The van der Waals surface area contributed by atoms with Gasteiger partial charge < -0.3 is 4.74 Å². The van der Waals surface area contributed by atoms with Crippen LogP contribution >= 0.6 is 0 Å². The third-order valence-corrected chi connectivity index (χ3v) is 4.61. The van der Waals surface area contributed by atoms with Crippen LogP contribution in [-0.2, 0) is 0 Å². The summed E-state index contributed by atoms with van der Waals surface area (Å²) in [5, 5.41) is 0. The minimum atomic E-state index is 0.847. The topological polar surface area (TPSA) is 20.5 Å². The molecule has 4 rings (SSSR count). The third-order valence-electron chi connectivity index (χ3n) is 4.61. The summed E-state index contributed by atoms with van der Waals surface area (Å²) in [5.74, 6) is 2.54. The van der Waals surface area contributed by atoms with Gasteiger partial charge in [-0.25, -0.2) is 4.42 Å². The van der Waals surface area contributed by atoms with Gasteiger partial charge in [0.1, 0.15) is 5.75 Å². The minimum absolute atomic E-state index is 0.847. The van der Waals surface area contributed by atoms with E-state index >= 15 is 0 Å². The standard InChI is InChI=1S/C25H21O2/c1-18-8-10-21(11-9-18)25-17-22(19-12-14-23(26-2)15-13-19)16-24(27-25)20-6-4-3-5-7-20/h3-17H,1-2H3/q+1. The zero-order valence-electron chi connectivity index (χ0n) is 15.5. The number of benzene rings is 3. The highest BCUT2D eigenvalue weighted by Crippen LogP contribution is 2.33. The molecule has 0 aliphatic heterocycles. The minimum Gasteiger partial charge on any atom is -0.497 e. The predicted octanol–water partition coefficient (Wildman–Crippen LogP) is 6.88. The normalized spacial score (nSPS) is 10.6. The van der Waals surface area contributed by atoms with Crippen LogP contribution in [0.2, 0.25) is 0 Å². The largest absolute Gasteiger partial charge is 0.497 e. The second-order valence-electron chi connectivity index (χ2n) is 6.54. The van der Waals surface area contributed by atoms with Crippen molar-refractivity contribution in [3.05, 3.63) is 96.6 Å². The number of hydrogen-bond donors (Lipinski definition) is 0. The van der Waals surface area contributed by atoms with Crippen LogP contribution in [0, 0.1) is 6.92 Å². The highest BCUT2D eigenvalue weighted by atomic mass is 16.5. The van der Waals surface area contributed by atoms with Crippen molar-refractivity contribution in [2.75, 3.05) is 7.11 Å². The van der Waals surface area contributed by atoms with Crippen LogP contribution in [0.3, 0.4) is 0 Å². The monoisotopic (exact) mass is 353 g/mol. The van der Waals surface area contributed by atoms with Gasteiger partial charge in [0.25, 0.3) is 0 Å². The Morgan fingerprint density at radius 2 is 1.15 bits per heavy atom. The summed E-state index contributed by atoms with van der Waals surface area (Å²) in [6.07, 6.45) is 0. The van der Waals surface area contributed by atoms with E-state index in [0.717, 1.165) is 39.5 Å². The van der Waals surface area contributed by atoms with E-state index < -0.39 is 0 Å². The molecule has 2 nitrogen and oxygen atoms in total. The maximum atomic E-state index is 6.27. The molecule has 0 aliphatic rings. The molecule has 0 fully saturated rings. The Kier molecular flexibility index (Phi) is 4.71. The Bertz CT molecular complexity index is 1030. The molecule has 0 unspecified atom stereocenters. The zero-order chi connectivity index (χ0) is 18.6. The second-order valence-corrected chi connectivity index (χ2v) is 6.54. The maximum absolute atomic E-state index is 6.27. The molecule has 0 saturated carbocycles. The number of ether oxygens (including phenoxy) is 1. The number of rotatable bonds is 4. The Morgan fingerprint density at radius 3 is 1.74 bits per heavy atom. The fourth-order valence-corrected chi connectivity index (χ4v) is 3.06. The molecule has 0 saturated heterocycles. The van der Waals surface area contributed by atoms with Crippen LogP contribution in [-0.4, -0.2) is 7.11 Å². The molecular weight excluding hydrogens is 332 g/mol. The van der Waals surface area contributed by atoms with E-state index in [0.29, 0.717) is 0 Å². The van der Waals surface area contributed by atoms with E-state index in [4.69, 9.17) is 9.15 Å². The van der Waals surface area contributed by atoms with Crippen LogP contribution in [0.15, 0.2) is 95.4 Å². The van der Waals surface area contributed by atoms with Gasteiger partial charge in [-0.2, -0.15) is 0 Å². The van der Waals surface area contributed by atoms with E-state index in [1.807, 2.05) is 30.3 Å². The summed E-state index contributed by atoms with van der Waals surface area (Å²) in [4.78, 5) is 0. The van der Waals surface area contributed by atoms with Crippen molar-refractivity contribution in [2.45, 2.75) is 6.92 Å². The van der Waals surface area contributed by atoms with Gasteiger partial charge in [0.05, 0.1) is 30.4 Å². The molecule has 0 amide bonds. The number of aryl methyl sites for hydroxylation is 1. The lowest BCUT2D eigenvalue weighted by molar-refractivity contribution is 0.415. The first kappa shape index (κ1) is 17.0. The molecule has 3 aromatic carbocycles. The van der Waals surface area contributed by atoms with Crippen molar-refractivity contribution in [3.8, 4) is 39.5 Å². The van der Waals surface area contributed by atoms with Crippen molar-refractivity contribution >= 4 is 0 Å². The van der Waals surface area contributed by atoms with Crippen LogP contribution < -0.4 is 4.74 Å². The fourth-order valence-electron chi connectivity index (χ4n) is 3.06. The molecule has 0 atom stereocenters. The predicted molar refractivity (Wildman–Crippen MR) is 111 cm³/mol. The van der Waals surface area contributed by atoms with Crippen molar-refractivity contribution in [1.29, 1.82) is 0 Å². The molecule has 0 spiro atoms. The van der Waals surface area contributed by atoms with Gasteiger partial charge >= 0.3 is 11.5 Å². The average molecular weight is 353 g/mol. The molecule has 1 heterocycles. The van der Waals surface area contributed by atoms with Gasteiger partial charge in [-0.1, -0.05) is 48.0 Å². The summed E-state index contributed by atoms with van der Waals surface area (Å²) in [6.45, 7) is 2.09. The summed E-state index contributed by atoms with van der Waals surface area (Å²) >= 11 is 0. The van der Waals surface area contributed by atoms with Gasteiger partial charge in [-0.15, -0.1) is 0 Å². The number of hydrogen-bond acceptors (Lipinski definition) is 1. The molecule has 0 aliphatic carbocycles. The van der Waals surface area contributed by atoms with Gasteiger partial charge in [0.15, 0.2) is 0 Å². The molecule has 4 aromatic rings.